The van der Waals surface area contributed by atoms with E-state index >= 15 is 0 Å². The second-order valence-corrected chi connectivity index (χ2v) is 5.58. The first-order valence-electron chi connectivity index (χ1n) is 6.06. The molecule has 0 atom stereocenters. The number of hydrogen-bond acceptors (Lipinski definition) is 4. The molecule has 1 aromatic rings. The Bertz CT molecular complexity index is 481. The highest BCUT2D eigenvalue weighted by atomic mass is 127. The molecule has 1 saturated heterocycles. The fourth-order valence-corrected chi connectivity index (χ4v) is 2.54. The van der Waals surface area contributed by atoms with E-state index in [0.29, 0.717) is 29.5 Å². The summed E-state index contributed by atoms with van der Waals surface area (Å²) >= 11 is 2.13. The Labute approximate surface area is 138 Å². The fraction of sp³-hybridized carbons (Fsp3) is 0.462. The lowest BCUT2D eigenvalue weighted by Crippen LogP contribution is -2.48. The van der Waals surface area contributed by atoms with Gasteiger partial charge in [0.1, 0.15) is 0 Å². The van der Waals surface area contributed by atoms with Crippen LogP contribution in [-0.2, 0) is 0 Å². The molecule has 0 unspecified atom stereocenters. The topological polar surface area (TPSA) is 59.6 Å². The quantitative estimate of drug-likeness (QED) is 0.723. The van der Waals surface area contributed by atoms with Gasteiger partial charge in [-0.1, -0.05) is 0 Å². The first-order valence-corrected chi connectivity index (χ1v) is 7.14. The third kappa shape index (κ3) is 3.89. The second-order valence-electron chi connectivity index (χ2n) is 4.42. The molecule has 0 aliphatic carbocycles. The van der Waals surface area contributed by atoms with Crippen LogP contribution in [0.4, 0.5) is 0 Å². The predicted molar refractivity (Wildman–Crippen MR) is 88.2 cm³/mol. The van der Waals surface area contributed by atoms with Crippen molar-refractivity contribution in [3.05, 3.63) is 21.3 Å². The van der Waals surface area contributed by atoms with Crippen molar-refractivity contribution in [2.75, 3.05) is 33.9 Å². The maximum atomic E-state index is 12.1. The number of carbonyl (C=O) groups is 1. The van der Waals surface area contributed by atoms with Crippen molar-refractivity contribution in [1.29, 1.82) is 0 Å². The summed E-state index contributed by atoms with van der Waals surface area (Å²) < 4.78 is 11.3. The largest absolute Gasteiger partial charge is 0.493 e. The Morgan fingerprint density at radius 1 is 1.35 bits per heavy atom. The van der Waals surface area contributed by atoms with E-state index in [0.717, 1.165) is 16.7 Å². The first kappa shape index (κ1) is 17.3. The summed E-state index contributed by atoms with van der Waals surface area (Å²) in [5.41, 5.74) is 0.616. The highest BCUT2D eigenvalue weighted by molar-refractivity contribution is 14.1. The van der Waals surface area contributed by atoms with E-state index in [4.69, 9.17) is 9.47 Å². The van der Waals surface area contributed by atoms with Crippen molar-refractivity contribution in [1.82, 2.24) is 10.6 Å². The van der Waals surface area contributed by atoms with Gasteiger partial charge >= 0.3 is 0 Å². The normalized spacial score (nSPS) is 13.9. The van der Waals surface area contributed by atoms with Gasteiger partial charge in [0.2, 0.25) is 0 Å². The van der Waals surface area contributed by atoms with Crippen molar-refractivity contribution in [3.63, 3.8) is 0 Å². The average molecular weight is 413 g/mol. The van der Waals surface area contributed by atoms with Crippen LogP contribution in [0.1, 0.15) is 10.4 Å². The molecule has 7 heteroatoms. The minimum Gasteiger partial charge on any atom is -0.493 e. The van der Waals surface area contributed by atoms with Crippen molar-refractivity contribution in [2.24, 2.45) is 5.92 Å². The van der Waals surface area contributed by atoms with Gasteiger partial charge in [0.05, 0.1) is 19.8 Å². The number of benzene rings is 1. The van der Waals surface area contributed by atoms with Gasteiger partial charge in [-0.25, -0.2) is 0 Å². The highest BCUT2D eigenvalue weighted by Crippen LogP contribution is 2.31. The van der Waals surface area contributed by atoms with E-state index < -0.39 is 0 Å². The summed E-state index contributed by atoms with van der Waals surface area (Å²) in [6.07, 6.45) is 0. The summed E-state index contributed by atoms with van der Waals surface area (Å²) in [6, 6.07) is 3.52. The number of carbonyl (C=O) groups excluding carboxylic acids is 1. The molecule has 20 heavy (non-hydrogen) atoms. The van der Waals surface area contributed by atoms with Crippen molar-refractivity contribution >= 4 is 40.9 Å². The van der Waals surface area contributed by atoms with Crippen LogP contribution in [0.15, 0.2) is 12.1 Å². The van der Waals surface area contributed by atoms with Gasteiger partial charge < -0.3 is 20.1 Å². The Hall–Kier alpha value is -0.730. The van der Waals surface area contributed by atoms with Crippen LogP contribution in [-0.4, -0.2) is 39.8 Å². The molecule has 0 bridgehead atoms. The summed E-state index contributed by atoms with van der Waals surface area (Å²) in [5.74, 6) is 1.67. The van der Waals surface area contributed by atoms with Gasteiger partial charge in [0.15, 0.2) is 11.5 Å². The molecule has 1 aliphatic rings. The molecular weight excluding hydrogens is 395 g/mol. The van der Waals surface area contributed by atoms with Gasteiger partial charge in [-0.2, -0.15) is 0 Å². The molecule has 1 amide bonds. The van der Waals surface area contributed by atoms with E-state index in [1.165, 1.54) is 0 Å². The van der Waals surface area contributed by atoms with Crippen LogP contribution in [0.3, 0.4) is 0 Å². The molecule has 0 saturated carbocycles. The Morgan fingerprint density at radius 2 is 1.95 bits per heavy atom. The zero-order valence-electron chi connectivity index (χ0n) is 11.4. The van der Waals surface area contributed by atoms with E-state index in [1.807, 2.05) is 0 Å². The van der Waals surface area contributed by atoms with E-state index in [2.05, 4.69) is 33.2 Å². The maximum Gasteiger partial charge on any atom is 0.252 e. The molecule has 5 nitrogen and oxygen atoms in total. The molecule has 112 valence electrons. The van der Waals surface area contributed by atoms with Gasteiger partial charge in [-0.15, -0.1) is 12.4 Å². The van der Waals surface area contributed by atoms with Crippen LogP contribution < -0.4 is 20.1 Å². The van der Waals surface area contributed by atoms with Crippen LogP contribution >= 0.6 is 35.0 Å². The van der Waals surface area contributed by atoms with Crippen molar-refractivity contribution < 1.29 is 14.3 Å². The predicted octanol–water partition coefficient (Wildman–Crippen LogP) is 1.68. The molecule has 2 N–H and O–H groups in total. The van der Waals surface area contributed by atoms with Crippen molar-refractivity contribution in [2.45, 2.75) is 0 Å². The van der Waals surface area contributed by atoms with Crippen LogP contribution in [0, 0.1) is 9.49 Å². The molecule has 0 aromatic heterocycles. The maximum absolute atomic E-state index is 12.1. The van der Waals surface area contributed by atoms with Crippen molar-refractivity contribution in [3.8, 4) is 11.5 Å². The number of halogens is 2. The van der Waals surface area contributed by atoms with Crippen LogP contribution in [0.5, 0.6) is 11.5 Å². The number of ether oxygens (including phenoxy) is 2. The summed E-state index contributed by atoms with van der Waals surface area (Å²) in [5, 5.41) is 6.13. The van der Waals surface area contributed by atoms with Crippen LogP contribution in [0.25, 0.3) is 0 Å². The van der Waals surface area contributed by atoms with E-state index in [1.54, 1.807) is 26.4 Å². The van der Waals surface area contributed by atoms with E-state index in [-0.39, 0.29) is 18.3 Å². The van der Waals surface area contributed by atoms with Gasteiger partial charge in [-0.05, 0) is 34.7 Å². The third-order valence-corrected chi connectivity index (χ3v) is 4.03. The molecular formula is C13H18ClIN2O3. The Kier molecular flexibility index (Phi) is 6.84. The molecule has 1 aromatic carbocycles. The number of nitrogens with one attached hydrogen (secondary N) is 2. The lowest BCUT2D eigenvalue weighted by Gasteiger charge is -2.27. The molecule has 1 fully saturated rings. The third-order valence-electron chi connectivity index (χ3n) is 3.14. The second kappa shape index (κ2) is 7.90. The zero-order valence-corrected chi connectivity index (χ0v) is 14.3. The number of amides is 1. The summed E-state index contributed by atoms with van der Waals surface area (Å²) in [4.78, 5) is 12.1. The minimum absolute atomic E-state index is 0. The average Bonchev–Trinajstić information content (AvgIpc) is 2.36. The monoisotopic (exact) mass is 412 g/mol. The Morgan fingerprint density at radius 3 is 2.45 bits per heavy atom. The summed E-state index contributed by atoms with van der Waals surface area (Å²) in [7, 11) is 3.14. The zero-order chi connectivity index (χ0) is 13.8. The number of methoxy groups -OCH3 is 2. The lowest BCUT2D eigenvalue weighted by atomic mass is 10.0. The van der Waals surface area contributed by atoms with Gasteiger partial charge in [-0.3, -0.25) is 4.79 Å². The lowest BCUT2D eigenvalue weighted by molar-refractivity contribution is 0.0941. The highest BCUT2D eigenvalue weighted by Gasteiger charge is 2.19. The number of rotatable bonds is 5. The van der Waals surface area contributed by atoms with Crippen LogP contribution in [0.2, 0.25) is 0 Å². The van der Waals surface area contributed by atoms with Gasteiger partial charge in [0.25, 0.3) is 5.91 Å². The SMILES string of the molecule is COc1cc(I)c(C(=O)NCC2CNC2)cc1OC.Cl. The number of hydrogen-bond donors (Lipinski definition) is 2. The first-order chi connectivity index (χ1) is 9.15. The van der Waals surface area contributed by atoms with Gasteiger partial charge in [0, 0.05) is 29.1 Å². The summed E-state index contributed by atoms with van der Waals surface area (Å²) in [6.45, 7) is 2.66. The molecule has 0 radical (unpaired) electrons. The smallest absolute Gasteiger partial charge is 0.252 e. The molecule has 1 aliphatic heterocycles. The fourth-order valence-electron chi connectivity index (χ4n) is 1.85. The molecule has 2 rings (SSSR count). The molecule has 0 spiro atoms. The standard InChI is InChI=1S/C13H17IN2O3.ClH/c1-18-11-3-9(10(14)4-12(11)19-2)13(17)16-7-8-5-15-6-8;/h3-4,8,15H,5-7H2,1-2H3,(H,16,17);1H. The molecule has 1 heterocycles. The minimum atomic E-state index is -0.0720. The van der Waals surface area contributed by atoms with E-state index in [9.17, 15) is 4.79 Å². The Balaban J connectivity index is 0.00000200.